The zero-order valence-corrected chi connectivity index (χ0v) is 8.69. The lowest BCUT2D eigenvalue weighted by atomic mass is 10.3. The Morgan fingerprint density at radius 3 is 2.69 bits per heavy atom. The molecule has 0 fully saturated rings. The standard InChI is InChI=1S/C11H10N4O/c1-7-9-10(13-11(16)12-9)15(14-7)8-5-3-2-4-6-8/h2-6H,1H3,(H2,12,13,16). The van der Waals surface area contributed by atoms with E-state index in [-0.39, 0.29) is 5.69 Å². The predicted molar refractivity (Wildman–Crippen MR) is 60.8 cm³/mol. The molecule has 0 saturated heterocycles. The lowest BCUT2D eigenvalue weighted by molar-refractivity contribution is 0.872. The summed E-state index contributed by atoms with van der Waals surface area (Å²) in [4.78, 5) is 16.7. The van der Waals surface area contributed by atoms with Crippen LogP contribution in [0.4, 0.5) is 0 Å². The molecule has 16 heavy (non-hydrogen) atoms. The maximum atomic E-state index is 11.2. The van der Waals surface area contributed by atoms with Crippen molar-refractivity contribution in [2.75, 3.05) is 0 Å². The molecule has 80 valence electrons. The van der Waals surface area contributed by atoms with Gasteiger partial charge < -0.3 is 4.98 Å². The number of H-pyrrole nitrogens is 2. The minimum absolute atomic E-state index is 0.208. The molecule has 2 N–H and O–H groups in total. The Labute approximate surface area is 90.7 Å². The van der Waals surface area contributed by atoms with Crippen molar-refractivity contribution in [1.82, 2.24) is 19.7 Å². The fourth-order valence-corrected chi connectivity index (χ4v) is 1.80. The molecular weight excluding hydrogens is 204 g/mol. The molecule has 0 aliphatic rings. The SMILES string of the molecule is Cc1nn(-c2ccccc2)c2[nH]c(=O)[nH]c12. The third-order valence-corrected chi connectivity index (χ3v) is 2.53. The van der Waals surface area contributed by atoms with E-state index in [2.05, 4.69) is 15.1 Å². The lowest BCUT2D eigenvalue weighted by Crippen LogP contribution is -2.04. The van der Waals surface area contributed by atoms with Crippen molar-refractivity contribution in [1.29, 1.82) is 0 Å². The molecule has 2 heterocycles. The summed E-state index contributed by atoms with van der Waals surface area (Å²) in [5, 5.41) is 4.38. The van der Waals surface area contributed by atoms with Crippen LogP contribution in [-0.4, -0.2) is 19.7 Å². The van der Waals surface area contributed by atoms with Crippen LogP contribution in [0.25, 0.3) is 16.9 Å². The Hall–Kier alpha value is -2.30. The molecule has 0 bridgehead atoms. The fourth-order valence-electron chi connectivity index (χ4n) is 1.80. The van der Waals surface area contributed by atoms with Crippen LogP contribution >= 0.6 is 0 Å². The molecule has 0 saturated carbocycles. The number of hydrogen-bond acceptors (Lipinski definition) is 2. The van der Waals surface area contributed by atoms with Gasteiger partial charge in [0.2, 0.25) is 0 Å². The van der Waals surface area contributed by atoms with Gasteiger partial charge in [-0.25, -0.2) is 9.48 Å². The summed E-state index contributed by atoms with van der Waals surface area (Å²) in [5.41, 5.74) is 2.98. The van der Waals surface area contributed by atoms with Gasteiger partial charge >= 0.3 is 5.69 Å². The predicted octanol–water partition coefficient (Wildman–Crippen LogP) is 1.35. The Balaban J connectivity index is 2.36. The molecule has 0 amide bonds. The first-order valence-electron chi connectivity index (χ1n) is 4.99. The van der Waals surface area contributed by atoms with Gasteiger partial charge in [-0.3, -0.25) is 4.98 Å². The molecule has 3 rings (SSSR count). The highest BCUT2D eigenvalue weighted by molar-refractivity contribution is 5.75. The number of para-hydroxylation sites is 1. The van der Waals surface area contributed by atoms with Crippen LogP contribution in [0, 0.1) is 6.92 Å². The Bertz CT molecular complexity index is 690. The normalized spacial score (nSPS) is 11.1. The van der Waals surface area contributed by atoms with Crippen molar-refractivity contribution in [3.63, 3.8) is 0 Å². The first-order chi connectivity index (χ1) is 7.75. The second-order valence-corrected chi connectivity index (χ2v) is 3.64. The van der Waals surface area contributed by atoms with Gasteiger partial charge in [0.25, 0.3) is 0 Å². The van der Waals surface area contributed by atoms with E-state index in [4.69, 9.17) is 0 Å². The molecule has 0 atom stereocenters. The second-order valence-electron chi connectivity index (χ2n) is 3.64. The summed E-state index contributed by atoms with van der Waals surface area (Å²) >= 11 is 0. The number of aryl methyl sites for hydroxylation is 1. The lowest BCUT2D eigenvalue weighted by Gasteiger charge is -1.99. The molecule has 3 aromatic rings. The molecule has 5 nitrogen and oxygen atoms in total. The summed E-state index contributed by atoms with van der Waals surface area (Å²) in [6.07, 6.45) is 0. The molecule has 1 aromatic carbocycles. The van der Waals surface area contributed by atoms with E-state index in [1.165, 1.54) is 0 Å². The largest absolute Gasteiger partial charge is 0.325 e. The highest BCUT2D eigenvalue weighted by atomic mass is 16.1. The van der Waals surface area contributed by atoms with E-state index < -0.39 is 0 Å². The van der Waals surface area contributed by atoms with Gasteiger partial charge in [0.15, 0.2) is 5.65 Å². The van der Waals surface area contributed by atoms with Crippen LogP contribution in [0.3, 0.4) is 0 Å². The number of aromatic nitrogens is 4. The maximum Gasteiger partial charge on any atom is 0.325 e. The van der Waals surface area contributed by atoms with Crippen molar-refractivity contribution in [2.45, 2.75) is 6.92 Å². The van der Waals surface area contributed by atoms with Gasteiger partial charge in [0, 0.05) is 0 Å². The summed E-state index contributed by atoms with van der Waals surface area (Å²) in [5.74, 6) is 0. The van der Waals surface area contributed by atoms with Crippen LogP contribution in [0.1, 0.15) is 5.69 Å². The number of nitrogens with zero attached hydrogens (tertiary/aromatic N) is 2. The van der Waals surface area contributed by atoms with Gasteiger partial charge in [0.05, 0.1) is 11.4 Å². The summed E-state index contributed by atoms with van der Waals surface area (Å²) < 4.78 is 1.72. The third kappa shape index (κ3) is 1.18. The van der Waals surface area contributed by atoms with Gasteiger partial charge in [-0.1, -0.05) is 18.2 Å². The average Bonchev–Trinajstić information content (AvgIpc) is 2.80. The van der Waals surface area contributed by atoms with Crippen molar-refractivity contribution >= 4 is 11.2 Å². The quantitative estimate of drug-likeness (QED) is 0.642. The van der Waals surface area contributed by atoms with Gasteiger partial charge in [0.1, 0.15) is 5.52 Å². The summed E-state index contributed by atoms with van der Waals surface area (Å²) in [6.45, 7) is 1.87. The Morgan fingerprint density at radius 2 is 1.94 bits per heavy atom. The van der Waals surface area contributed by atoms with Crippen LogP contribution in [0.2, 0.25) is 0 Å². The van der Waals surface area contributed by atoms with E-state index >= 15 is 0 Å². The second kappa shape index (κ2) is 3.10. The zero-order valence-electron chi connectivity index (χ0n) is 8.69. The van der Waals surface area contributed by atoms with Gasteiger partial charge in [-0.2, -0.15) is 5.10 Å². The van der Waals surface area contributed by atoms with E-state index in [0.717, 1.165) is 16.9 Å². The molecule has 0 aliphatic heterocycles. The van der Waals surface area contributed by atoms with Crippen LogP contribution in [0.5, 0.6) is 0 Å². The monoisotopic (exact) mass is 214 g/mol. The Morgan fingerprint density at radius 1 is 1.19 bits per heavy atom. The van der Waals surface area contributed by atoms with Crippen molar-refractivity contribution in [2.24, 2.45) is 0 Å². The van der Waals surface area contributed by atoms with E-state index in [0.29, 0.717) is 5.65 Å². The zero-order chi connectivity index (χ0) is 11.1. The van der Waals surface area contributed by atoms with Gasteiger partial charge in [-0.15, -0.1) is 0 Å². The molecule has 2 aromatic heterocycles. The number of imidazole rings is 1. The average molecular weight is 214 g/mol. The molecule has 0 aliphatic carbocycles. The van der Waals surface area contributed by atoms with Crippen LogP contribution < -0.4 is 5.69 Å². The Kier molecular flexibility index (Phi) is 1.73. The number of nitrogens with one attached hydrogen (secondary N) is 2. The summed E-state index contributed by atoms with van der Waals surface area (Å²) in [6, 6.07) is 9.69. The smallest absolute Gasteiger partial charge is 0.303 e. The third-order valence-electron chi connectivity index (χ3n) is 2.53. The van der Waals surface area contributed by atoms with Gasteiger partial charge in [-0.05, 0) is 19.1 Å². The highest BCUT2D eigenvalue weighted by Gasteiger charge is 2.11. The maximum absolute atomic E-state index is 11.2. The fraction of sp³-hybridized carbons (Fsp3) is 0.0909. The first-order valence-corrected chi connectivity index (χ1v) is 4.99. The number of benzene rings is 1. The number of aromatic amines is 2. The van der Waals surface area contributed by atoms with Crippen LogP contribution in [0.15, 0.2) is 35.1 Å². The van der Waals surface area contributed by atoms with Crippen LogP contribution in [-0.2, 0) is 0 Å². The molecule has 5 heteroatoms. The minimum atomic E-state index is -0.208. The molecule has 0 spiro atoms. The first kappa shape index (κ1) is 8.96. The minimum Gasteiger partial charge on any atom is -0.303 e. The molecule has 0 radical (unpaired) electrons. The summed E-state index contributed by atoms with van der Waals surface area (Å²) in [7, 11) is 0. The van der Waals surface area contributed by atoms with Crippen molar-refractivity contribution in [3.05, 3.63) is 46.5 Å². The number of fused-ring (bicyclic) bond motifs is 1. The van der Waals surface area contributed by atoms with E-state index in [1.54, 1.807) is 4.68 Å². The topological polar surface area (TPSA) is 66.5 Å². The highest BCUT2D eigenvalue weighted by Crippen LogP contribution is 2.16. The van der Waals surface area contributed by atoms with Crippen molar-refractivity contribution in [3.8, 4) is 5.69 Å². The van der Waals surface area contributed by atoms with E-state index in [1.807, 2.05) is 37.3 Å². The number of rotatable bonds is 1. The molecule has 0 unspecified atom stereocenters. The number of hydrogen-bond donors (Lipinski definition) is 2. The molecular formula is C11H10N4O. The van der Waals surface area contributed by atoms with Crippen molar-refractivity contribution < 1.29 is 0 Å². The van der Waals surface area contributed by atoms with E-state index in [9.17, 15) is 4.79 Å².